The topological polar surface area (TPSA) is 72.0 Å². The van der Waals surface area contributed by atoms with E-state index in [1.807, 2.05) is 0 Å². The first-order valence-electron chi connectivity index (χ1n) is 6.16. The SMILES string of the molecule is O=S(=O)(Nc1nc2cc(Cl)ccc2nc1Cl)c1ccccc1. The van der Waals surface area contributed by atoms with Gasteiger partial charge in [-0.05, 0) is 30.3 Å². The Balaban J connectivity index is 2.05. The molecule has 0 saturated carbocycles. The first kappa shape index (κ1) is 15.0. The Hall–Kier alpha value is -1.89. The molecule has 0 aliphatic carbocycles. The highest BCUT2D eigenvalue weighted by molar-refractivity contribution is 7.92. The van der Waals surface area contributed by atoms with Gasteiger partial charge in [-0.1, -0.05) is 41.4 Å². The fraction of sp³-hybridized carbons (Fsp3) is 0. The second-order valence-electron chi connectivity index (χ2n) is 4.41. The number of benzene rings is 2. The molecular weight excluding hydrogens is 345 g/mol. The van der Waals surface area contributed by atoms with Gasteiger partial charge in [0.1, 0.15) is 0 Å². The molecule has 0 radical (unpaired) electrons. The van der Waals surface area contributed by atoms with Crippen molar-refractivity contribution in [1.82, 2.24) is 9.97 Å². The third-order valence-electron chi connectivity index (χ3n) is 2.87. The first-order chi connectivity index (χ1) is 10.5. The molecule has 3 aromatic rings. The van der Waals surface area contributed by atoms with Crippen LogP contribution in [-0.4, -0.2) is 18.4 Å². The van der Waals surface area contributed by atoms with Crippen molar-refractivity contribution in [3.63, 3.8) is 0 Å². The van der Waals surface area contributed by atoms with Gasteiger partial charge >= 0.3 is 0 Å². The van der Waals surface area contributed by atoms with E-state index in [9.17, 15) is 8.42 Å². The van der Waals surface area contributed by atoms with Gasteiger partial charge in [-0.25, -0.2) is 18.4 Å². The van der Waals surface area contributed by atoms with Crippen LogP contribution < -0.4 is 4.72 Å². The fourth-order valence-corrected chi connectivity index (χ4v) is 3.29. The van der Waals surface area contributed by atoms with Crippen molar-refractivity contribution in [1.29, 1.82) is 0 Å². The number of fused-ring (bicyclic) bond motifs is 1. The predicted octanol–water partition coefficient (Wildman–Crippen LogP) is 3.74. The second-order valence-corrected chi connectivity index (χ2v) is 6.89. The minimum absolute atomic E-state index is 0.0330. The van der Waals surface area contributed by atoms with Crippen molar-refractivity contribution in [3.05, 3.63) is 58.7 Å². The number of hydrogen-bond donors (Lipinski definition) is 1. The van der Waals surface area contributed by atoms with Crippen LogP contribution >= 0.6 is 23.2 Å². The predicted molar refractivity (Wildman–Crippen MR) is 86.8 cm³/mol. The Kier molecular flexibility index (Phi) is 3.90. The number of halogens is 2. The number of hydrogen-bond acceptors (Lipinski definition) is 4. The fourth-order valence-electron chi connectivity index (χ4n) is 1.86. The molecule has 2 aromatic carbocycles. The van der Waals surface area contributed by atoms with E-state index in [4.69, 9.17) is 23.2 Å². The van der Waals surface area contributed by atoms with Crippen LogP contribution in [0.5, 0.6) is 0 Å². The summed E-state index contributed by atoms with van der Waals surface area (Å²) < 4.78 is 26.9. The zero-order chi connectivity index (χ0) is 15.7. The third kappa shape index (κ3) is 2.99. The lowest BCUT2D eigenvalue weighted by Gasteiger charge is -2.09. The van der Waals surface area contributed by atoms with E-state index in [1.54, 1.807) is 36.4 Å². The summed E-state index contributed by atoms with van der Waals surface area (Å²) in [5.41, 5.74) is 0.972. The molecular formula is C14H9Cl2N3O2S. The molecule has 0 saturated heterocycles. The molecule has 0 spiro atoms. The van der Waals surface area contributed by atoms with Crippen molar-refractivity contribution in [2.45, 2.75) is 4.90 Å². The molecule has 0 aliphatic heterocycles. The van der Waals surface area contributed by atoms with Gasteiger partial charge in [-0.15, -0.1) is 0 Å². The summed E-state index contributed by atoms with van der Waals surface area (Å²) in [4.78, 5) is 8.40. The van der Waals surface area contributed by atoms with Crippen LogP contribution in [0.25, 0.3) is 11.0 Å². The monoisotopic (exact) mass is 353 g/mol. The number of nitrogens with one attached hydrogen (secondary N) is 1. The summed E-state index contributed by atoms with van der Waals surface area (Å²) in [6.45, 7) is 0. The van der Waals surface area contributed by atoms with Gasteiger partial charge < -0.3 is 0 Å². The van der Waals surface area contributed by atoms with Crippen LogP contribution in [0, 0.1) is 0 Å². The normalized spacial score (nSPS) is 11.5. The Labute approximate surface area is 137 Å². The molecule has 5 nitrogen and oxygen atoms in total. The van der Waals surface area contributed by atoms with E-state index in [0.717, 1.165) is 0 Å². The van der Waals surface area contributed by atoms with Crippen molar-refractivity contribution in [2.75, 3.05) is 4.72 Å². The highest BCUT2D eigenvalue weighted by Crippen LogP contribution is 2.25. The average molecular weight is 354 g/mol. The number of anilines is 1. The van der Waals surface area contributed by atoms with Crippen LogP contribution in [0.4, 0.5) is 5.82 Å². The van der Waals surface area contributed by atoms with Crippen molar-refractivity contribution >= 4 is 50.1 Å². The third-order valence-corrected chi connectivity index (χ3v) is 4.72. The van der Waals surface area contributed by atoms with E-state index in [1.165, 1.54) is 12.1 Å². The number of rotatable bonds is 3. The van der Waals surface area contributed by atoms with Crippen LogP contribution in [0.3, 0.4) is 0 Å². The molecule has 0 bridgehead atoms. The number of sulfonamides is 1. The summed E-state index contributed by atoms with van der Waals surface area (Å²) in [5.74, 6) is -0.0414. The average Bonchev–Trinajstić information content (AvgIpc) is 2.49. The van der Waals surface area contributed by atoms with Gasteiger partial charge in [-0.3, -0.25) is 4.72 Å². The van der Waals surface area contributed by atoms with Gasteiger partial charge in [0.25, 0.3) is 10.0 Å². The summed E-state index contributed by atoms with van der Waals surface area (Å²) in [6.07, 6.45) is 0. The molecule has 0 unspecified atom stereocenters. The van der Waals surface area contributed by atoms with Crippen molar-refractivity contribution in [2.24, 2.45) is 0 Å². The van der Waals surface area contributed by atoms with Gasteiger partial charge in [0.2, 0.25) is 0 Å². The number of nitrogens with zero attached hydrogens (tertiary/aromatic N) is 2. The number of aromatic nitrogens is 2. The zero-order valence-electron chi connectivity index (χ0n) is 11.0. The van der Waals surface area contributed by atoms with Crippen LogP contribution in [0.2, 0.25) is 10.2 Å². The van der Waals surface area contributed by atoms with E-state index < -0.39 is 10.0 Å². The maximum absolute atomic E-state index is 12.3. The second kappa shape index (κ2) is 5.72. The van der Waals surface area contributed by atoms with E-state index in [2.05, 4.69) is 14.7 Å². The molecule has 0 amide bonds. The quantitative estimate of drug-likeness (QED) is 0.778. The Morgan fingerprint density at radius 1 is 0.909 bits per heavy atom. The molecule has 1 aromatic heterocycles. The molecule has 8 heteroatoms. The van der Waals surface area contributed by atoms with E-state index >= 15 is 0 Å². The Bertz CT molecular complexity index is 947. The zero-order valence-corrected chi connectivity index (χ0v) is 13.3. The molecule has 22 heavy (non-hydrogen) atoms. The standard InChI is InChI=1S/C14H9Cl2N3O2S/c15-9-6-7-11-12(8-9)18-14(13(16)17-11)19-22(20,21)10-4-2-1-3-5-10/h1-8H,(H,18,19). The molecule has 3 rings (SSSR count). The lowest BCUT2D eigenvalue weighted by molar-refractivity contribution is 0.601. The molecule has 1 heterocycles. The molecule has 112 valence electrons. The van der Waals surface area contributed by atoms with Gasteiger partial charge in [0.15, 0.2) is 11.0 Å². The lowest BCUT2D eigenvalue weighted by Crippen LogP contribution is -2.14. The van der Waals surface area contributed by atoms with Crippen LogP contribution in [-0.2, 0) is 10.0 Å². The largest absolute Gasteiger partial charge is 0.263 e. The maximum Gasteiger partial charge on any atom is 0.263 e. The van der Waals surface area contributed by atoms with Crippen molar-refractivity contribution < 1.29 is 8.42 Å². The maximum atomic E-state index is 12.3. The molecule has 1 N–H and O–H groups in total. The first-order valence-corrected chi connectivity index (χ1v) is 8.40. The van der Waals surface area contributed by atoms with E-state index in [-0.39, 0.29) is 15.9 Å². The highest BCUT2D eigenvalue weighted by atomic mass is 35.5. The summed E-state index contributed by atoms with van der Waals surface area (Å²) >= 11 is 11.9. The van der Waals surface area contributed by atoms with Crippen LogP contribution in [0.1, 0.15) is 0 Å². The van der Waals surface area contributed by atoms with Gasteiger partial charge in [-0.2, -0.15) is 0 Å². The summed E-state index contributed by atoms with van der Waals surface area (Å²) in [6, 6.07) is 12.8. The van der Waals surface area contributed by atoms with Gasteiger partial charge in [0, 0.05) is 5.02 Å². The molecule has 0 aliphatic rings. The summed E-state index contributed by atoms with van der Waals surface area (Å²) in [5, 5.41) is 0.440. The summed E-state index contributed by atoms with van der Waals surface area (Å²) in [7, 11) is -3.78. The molecule has 0 fully saturated rings. The van der Waals surface area contributed by atoms with Crippen molar-refractivity contribution in [3.8, 4) is 0 Å². The smallest absolute Gasteiger partial charge is 0.261 e. The lowest BCUT2D eigenvalue weighted by atomic mass is 10.3. The highest BCUT2D eigenvalue weighted by Gasteiger charge is 2.17. The van der Waals surface area contributed by atoms with E-state index in [0.29, 0.717) is 16.1 Å². The van der Waals surface area contributed by atoms with Gasteiger partial charge in [0.05, 0.1) is 15.9 Å². The van der Waals surface area contributed by atoms with Crippen LogP contribution in [0.15, 0.2) is 53.4 Å². The Morgan fingerprint density at radius 3 is 2.36 bits per heavy atom. The minimum Gasteiger partial charge on any atom is -0.261 e. The Morgan fingerprint density at radius 2 is 1.64 bits per heavy atom. The molecule has 0 atom stereocenters. The minimum atomic E-state index is -3.78.